The van der Waals surface area contributed by atoms with Gasteiger partial charge in [-0.05, 0) is 17.9 Å². The molecule has 0 spiro atoms. The fourth-order valence-electron chi connectivity index (χ4n) is 2.14. The maximum absolute atomic E-state index is 12.0. The lowest BCUT2D eigenvalue weighted by Gasteiger charge is -2.14. The summed E-state index contributed by atoms with van der Waals surface area (Å²) < 4.78 is 0. The van der Waals surface area contributed by atoms with Crippen LogP contribution in [-0.2, 0) is 11.2 Å². The van der Waals surface area contributed by atoms with Gasteiger partial charge in [0.25, 0.3) is 0 Å². The Morgan fingerprint density at radius 3 is 3.11 bits per heavy atom. The number of nitrogens with zero attached hydrogens (tertiary/aromatic N) is 2. The second-order valence-electron chi connectivity index (χ2n) is 4.58. The van der Waals surface area contributed by atoms with E-state index < -0.39 is 0 Å². The molecule has 4 nitrogen and oxygen atoms in total. The highest BCUT2D eigenvalue weighted by Crippen LogP contribution is 2.28. The van der Waals surface area contributed by atoms with E-state index in [9.17, 15) is 9.90 Å². The van der Waals surface area contributed by atoms with Gasteiger partial charge in [-0.1, -0.05) is 6.07 Å². The molecule has 1 aliphatic heterocycles. The number of hydrogen-bond donors (Lipinski definition) is 1. The van der Waals surface area contributed by atoms with Crippen molar-refractivity contribution >= 4 is 28.6 Å². The zero-order valence-electron chi connectivity index (χ0n) is 10.3. The van der Waals surface area contributed by atoms with Crippen molar-refractivity contribution in [3.05, 3.63) is 28.6 Å². The fourth-order valence-corrected chi connectivity index (χ4v) is 3.77. The van der Waals surface area contributed by atoms with E-state index in [1.165, 1.54) is 0 Å². The summed E-state index contributed by atoms with van der Waals surface area (Å²) in [4.78, 5) is 19.4. The molecule has 0 bridgehead atoms. The number of carbonyl (C=O) groups excluding carboxylic acids is 1. The van der Waals surface area contributed by atoms with Crippen LogP contribution in [-0.4, -0.2) is 40.1 Å². The van der Waals surface area contributed by atoms with Gasteiger partial charge >= 0.3 is 0 Å². The lowest BCUT2D eigenvalue weighted by atomic mass is 10.3. The highest BCUT2D eigenvalue weighted by atomic mass is 32.1. The van der Waals surface area contributed by atoms with E-state index in [1.807, 2.05) is 22.9 Å². The summed E-state index contributed by atoms with van der Waals surface area (Å²) in [5.74, 6) is 0.0552. The third-order valence-corrected chi connectivity index (χ3v) is 5.06. The maximum Gasteiger partial charge on any atom is 0.228 e. The van der Waals surface area contributed by atoms with E-state index in [2.05, 4.69) is 4.98 Å². The van der Waals surface area contributed by atoms with Crippen molar-refractivity contribution < 1.29 is 9.90 Å². The lowest BCUT2D eigenvalue weighted by Crippen LogP contribution is -2.30. The van der Waals surface area contributed by atoms with Crippen LogP contribution in [0.15, 0.2) is 22.9 Å². The number of aliphatic hydroxyl groups is 1. The van der Waals surface area contributed by atoms with Crippen LogP contribution in [0, 0.1) is 0 Å². The monoisotopic (exact) mass is 294 g/mol. The van der Waals surface area contributed by atoms with Crippen LogP contribution in [0.5, 0.6) is 0 Å². The lowest BCUT2D eigenvalue weighted by molar-refractivity contribution is -0.129. The van der Waals surface area contributed by atoms with E-state index in [0.717, 1.165) is 15.6 Å². The molecule has 1 amide bonds. The number of thiophene rings is 1. The molecule has 100 valence electrons. The summed E-state index contributed by atoms with van der Waals surface area (Å²) in [5.41, 5.74) is 0.819. The number of likely N-dealkylation sites (tertiary alicyclic amines) is 1. The van der Waals surface area contributed by atoms with E-state index in [-0.39, 0.29) is 12.0 Å². The predicted molar refractivity (Wildman–Crippen MR) is 76.3 cm³/mol. The molecule has 1 aliphatic rings. The minimum atomic E-state index is -0.360. The third-order valence-electron chi connectivity index (χ3n) is 3.13. The van der Waals surface area contributed by atoms with Crippen molar-refractivity contribution in [3.8, 4) is 9.88 Å². The summed E-state index contributed by atoms with van der Waals surface area (Å²) in [6.45, 7) is 1.11. The fraction of sp³-hybridized carbons (Fsp3) is 0.385. The first kappa shape index (κ1) is 12.8. The van der Waals surface area contributed by atoms with Crippen LogP contribution < -0.4 is 0 Å². The molecule has 0 aromatic carbocycles. The number of rotatable bonds is 3. The van der Waals surface area contributed by atoms with Crippen LogP contribution in [0.1, 0.15) is 12.1 Å². The standard InChI is InChI=1S/C13H14N2O2S2/c16-10-3-4-15(7-10)12(17)6-9-8-19-13(14-9)11-2-1-5-18-11/h1-2,5,8,10,16H,3-4,6-7H2. The zero-order chi connectivity index (χ0) is 13.2. The van der Waals surface area contributed by atoms with Crippen LogP contribution in [0.3, 0.4) is 0 Å². The summed E-state index contributed by atoms with van der Waals surface area (Å²) in [6.07, 6.45) is 0.652. The first-order chi connectivity index (χ1) is 9.22. The van der Waals surface area contributed by atoms with Gasteiger partial charge in [-0.2, -0.15) is 0 Å². The summed E-state index contributed by atoms with van der Waals surface area (Å²) in [5, 5.41) is 14.4. The Hall–Kier alpha value is -1.24. The van der Waals surface area contributed by atoms with Crippen molar-refractivity contribution in [1.82, 2.24) is 9.88 Å². The Labute approximate surface area is 119 Å². The van der Waals surface area contributed by atoms with Crippen molar-refractivity contribution in [2.24, 2.45) is 0 Å². The molecular formula is C13H14N2O2S2. The van der Waals surface area contributed by atoms with Gasteiger partial charge in [-0.25, -0.2) is 4.98 Å². The number of hydrogen-bond acceptors (Lipinski definition) is 5. The van der Waals surface area contributed by atoms with E-state index in [1.54, 1.807) is 27.6 Å². The Kier molecular flexibility index (Phi) is 3.63. The first-order valence-electron chi connectivity index (χ1n) is 6.16. The molecule has 2 aromatic rings. The average Bonchev–Trinajstić information content (AvgIpc) is 3.07. The summed E-state index contributed by atoms with van der Waals surface area (Å²) in [7, 11) is 0. The molecule has 0 saturated carbocycles. The van der Waals surface area contributed by atoms with Gasteiger partial charge in [0.15, 0.2) is 0 Å². The quantitative estimate of drug-likeness (QED) is 0.942. The Balaban J connectivity index is 1.66. The third kappa shape index (κ3) is 2.86. The second-order valence-corrected chi connectivity index (χ2v) is 6.39. The number of aliphatic hydroxyl groups excluding tert-OH is 1. The van der Waals surface area contributed by atoms with Crippen molar-refractivity contribution in [2.45, 2.75) is 18.9 Å². The smallest absolute Gasteiger partial charge is 0.228 e. The molecule has 3 rings (SSSR count). The van der Waals surface area contributed by atoms with Gasteiger partial charge < -0.3 is 10.0 Å². The maximum atomic E-state index is 12.0. The normalized spacial score (nSPS) is 19.0. The Bertz CT molecular complexity index is 565. The van der Waals surface area contributed by atoms with Crippen LogP contribution in [0.25, 0.3) is 9.88 Å². The average molecular weight is 294 g/mol. The molecule has 2 aromatic heterocycles. The van der Waals surface area contributed by atoms with Crippen molar-refractivity contribution in [3.63, 3.8) is 0 Å². The van der Waals surface area contributed by atoms with Gasteiger partial charge in [0.05, 0.1) is 23.1 Å². The molecule has 6 heteroatoms. The first-order valence-corrected chi connectivity index (χ1v) is 7.92. The predicted octanol–water partition coefficient (Wildman–Crippen LogP) is 2.01. The number of β-amino-alcohol motifs (C(OH)–C–C–N with tert-alkyl or cyclic N) is 1. The molecule has 0 aliphatic carbocycles. The van der Waals surface area contributed by atoms with Crippen LogP contribution in [0.4, 0.5) is 0 Å². The molecular weight excluding hydrogens is 280 g/mol. The molecule has 1 atom stereocenters. The van der Waals surface area contributed by atoms with Gasteiger partial charge in [0.2, 0.25) is 5.91 Å². The Morgan fingerprint density at radius 2 is 2.42 bits per heavy atom. The Morgan fingerprint density at radius 1 is 1.53 bits per heavy atom. The molecule has 1 unspecified atom stereocenters. The summed E-state index contributed by atoms with van der Waals surface area (Å²) >= 11 is 3.22. The molecule has 1 N–H and O–H groups in total. The molecule has 0 radical (unpaired) electrons. The van der Waals surface area contributed by atoms with E-state index in [0.29, 0.717) is 25.9 Å². The number of amides is 1. The minimum Gasteiger partial charge on any atom is -0.391 e. The zero-order valence-corrected chi connectivity index (χ0v) is 11.9. The molecule has 1 saturated heterocycles. The SMILES string of the molecule is O=C(Cc1csc(-c2cccs2)n1)N1CCC(O)C1. The topological polar surface area (TPSA) is 53.4 Å². The van der Waals surface area contributed by atoms with Gasteiger partial charge in [0, 0.05) is 18.5 Å². The number of carbonyl (C=O) groups is 1. The van der Waals surface area contributed by atoms with Gasteiger partial charge in [-0.3, -0.25) is 4.79 Å². The molecule has 3 heterocycles. The highest BCUT2D eigenvalue weighted by molar-refractivity contribution is 7.20. The second kappa shape index (κ2) is 5.40. The van der Waals surface area contributed by atoms with Crippen molar-refractivity contribution in [2.75, 3.05) is 13.1 Å². The summed E-state index contributed by atoms with van der Waals surface area (Å²) in [6, 6.07) is 4.03. The van der Waals surface area contributed by atoms with Crippen LogP contribution >= 0.6 is 22.7 Å². The van der Waals surface area contributed by atoms with Gasteiger partial charge in [-0.15, -0.1) is 22.7 Å². The van der Waals surface area contributed by atoms with Crippen LogP contribution in [0.2, 0.25) is 0 Å². The largest absolute Gasteiger partial charge is 0.391 e. The minimum absolute atomic E-state index is 0.0552. The molecule has 19 heavy (non-hydrogen) atoms. The van der Waals surface area contributed by atoms with E-state index in [4.69, 9.17) is 0 Å². The van der Waals surface area contributed by atoms with E-state index >= 15 is 0 Å². The van der Waals surface area contributed by atoms with Gasteiger partial charge in [0.1, 0.15) is 5.01 Å². The van der Waals surface area contributed by atoms with Crippen molar-refractivity contribution in [1.29, 1.82) is 0 Å². The highest BCUT2D eigenvalue weighted by Gasteiger charge is 2.24. The molecule has 1 fully saturated rings. The number of thiazole rings is 1. The number of aromatic nitrogens is 1.